The Bertz CT molecular complexity index is 744. The lowest BCUT2D eigenvalue weighted by Gasteiger charge is -2.15. The van der Waals surface area contributed by atoms with E-state index in [1.165, 1.54) is 4.90 Å². The number of nitrogens with one attached hydrogen (secondary N) is 1. The van der Waals surface area contributed by atoms with Crippen LogP contribution in [0.1, 0.15) is 12.5 Å². The molecule has 1 saturated heterocycles. The van der Waals surface area contributed by atoms with Gasteiger partial charge in [0.05, 0.1) is 12.3 Å². The minimum atomic E-state index is -0.628. The van der Waals surface area contributed by atoms with Crippen LogP contribution in [-0.2, 0) is 4.79 Å². The lowest BCUT2D eigenvalue weighted by molar-refractivity contribution is -0.116. The lowest BCUT2D eigenvalue weighted by Crippen LogP contribution is -2.34. The standard InChI is InChI=1S/C18H18N2O3S/c1-3-23-15-10-6-13(7-11-15)19-16-17(21)20(18(22)24-16)14-8-4-12(2)5-9-14/h4-11,16,19H,3H2,1-2H3/t16-/m1/s1. The van der Waals surface area contributed by atoms with Crippen molar-refractivity contribution in [1.29, 1.82) is 0 Å². The van der Waals surface area contributed by atoms with Gasteiger partial charge < -0.3 is 10.1 Å². The third kappa shape index (κ3) is 3.38. The molecule has 0 bridgehead atoms. The van der Waals surface area contributed by atoms with E-state index in [0.29, 0.717) is 12.3 Å². The van der Waals surface area contributed by atoms with E-state index >= 15 is 0 Å². The number of aryl methyl sites for hydroxylation is 1. The molecule has 24 heavy (non-hydrogen) atoms. The molecular formula is C18H18N2O3S. The molecule has 1 aliphatic rings. The number of nitrogens with zero attached hydrogens (tertiary/aromatic N) is 1. The highest BCUT2D eigenvalue weighted by Crippen LogP contribution is 2.32. The van der Waals surface area contributed by atoms with Gasteiger partial charge >= 0.3 is 0 Å². The van der Waals surface area contributed by atoms with E-state index in [9.17, 15) is 9.59 Å². The van der Waals surface area contributed by atoms with E-state index in [0.717, 1.165) is 28.8 Å². The monoisotopic (exact) mass is 342 g/mol. The van der Waals surface area contributed by atoms with Gasteiger partial charge in [-0.1, -0.05) is 17.7 Å². The van der Waals surface area contributed by atoms with Crippen molar-refractivity contribution in [2.45, 2.75) is 19.2 Å². The van der Waals surface area contributed by atoms with Crippen LogP contribution in [0.2, 0.25) is 0 Å². The van der Waals surface area contributed by atoms with Gasteiger partial charge in [-0.2, -0.15) is 0 Å². The Labute approximate surface area is 145 Å². The summed E-state index contributed by atoms with van der Waals surface area (Å²) in [5.41, 5.74) is 2.44. The number of hydrogen-bond donors (Lipinski definition) is 1. The number of anilines is 2. The first kappa shape index (κ1) is 16.4. The van der Waals surface area contributed by atoms with Crippen molar-refractivity contribution >= 4 is 34.3 Å². The van der Waals surface area contributed by atoms with E-state index in [1.54, 1.807) is 12.1 Å². The van der Waals surface area contributed by atoms with Crippen molar-refractivity contribution in [2.75, 3.05) is 16.8 Å². The highest BCUT2D eigenvalue weighted by Gasteiger charge is 2.40. The molecule has 0 saturated carbocycles. The number of carbonyl (C=O) groups excluding carboxylic acids is 2. The predicted octanol–water partition coefficient (Wildman–Crippen LogP) is 4.03. The summed E-state index contributed by atoms with van der Waals surface area (Å²) >= 11 is 0.985. The number of benzene rings is 2. The molecule has 124 valence electrons. The zero-order chi connectivity index (χ0) is 17.1. The second kappa shape index (κ2) is 6.97. The van der Waals surface area contributed by atoms with Gasteiger partial charge in [-0.05, 0) is 62.0 Å². The molecule has 2 amide bonds. The van der Waals surface area contributed by atoms with Crippen LogP contribution in [0.25, 0.3) is 0 Å². The zero-order valence-electron chi connectivity index (χ0n) is 13.5. The van der Waals surface area contributed by atoms with Crippen LogP contribution in [0, 0.1) is 6.92 Å². The molecule has 3 rings (SSSR count). The Morgan fingerprint density at radius 3 is 2.38 bits per heavy atom. The summed E-state index contributed by atoms with van der Waals surface area (Å²) in [5, 5.41) is 2.20. The summed E-state index contributed by atoms with van der Waals surface area (Å²) in [6, 6.07) is 14.7. The van der Waals surface area contributed by atoms with Crippen molar-refractivity contribution < 1.29 is 14.3 Å². The van der Waals surface area contributed by atoms with Gasteiger partial charge in [0.1, 0.15) is 5.75 Å². The molecule has 0 aliphatic carbocycles. The smallest absolute Gasteiger partial charge is 0.295 e. The van der Waals surface area contributed by atoms with Crippen LogP contribution in [0.3, 0.4) is 0 Å². The molecule has 0 spiro atoms. The predicted molar refractivity (Wildman–Crippen MR) is 96.7 cm³/mol. The second-order valence-corrected chi connectivity index (χ2v) is 6.43. The number of rotatable bonds is 5. The molecule has 1 heterocycles. The number of imide groups is 1. The van der Waals surface area contributed by atoms with Gasteiger partial charge in [0.25, 0.3) is 11.1 Å². The third-order valence-corrected chi connectivity index (χ3v) is 4.54. The summed E-state index contributed by atoms with van der Waals surface area (Å²) in [7, 11) is 0. The molecular weight excluding hydrogens is 324 g/mol. The second-order valence-electron chi connectivity index (χ2n) is 5.37. The first-order valence-electron chi connectivity index (χ1n) is 7.69. The maximum absolute atomic E-state index is 12.6. The quantitative estimate of drug-likeness (QED) is 0.889. The molecule has 1 aliphatic heterocycles. The SMILES string of the molecule is CCOc1ccc(N[C@@H]2SC(=O)N(c3ccc(C)cc3)C2=O)cc1. The Hall–Kier alpha value is -2.47. The van der Waals surface area contributed by atoms with Gasteiger partial charge in [-0.25, -0.2) is 4.90 Å². The lowest BCUT2D eigenvalue weighted by atomic mass is 10.2. The van der Waals surface area contributed by atoms with Crippen molar-refractivity contribution in [3.05, 3.63) is 54.1 Å². The molecule has 1 N–H and O–H groups in total. The Morgan fingerprint density at radius 2 is 1.75 bits per heavy atom. The van der Waals surface area contributed by atoms with Crippen LogP contribution in [0.15, 0.2) is 48.5 Å². The highest BCUT2D eigenvalue weighted by atomic mass is 32.2. The van der Waals surface area contributed by atoms with E-state index in [2.05, 4.69) is 5.32 Å². The van der Waals surface area contributed by atoms with Crippen molar-refractivity contribution in [1.82, 2.24) is 0 Å². The van der Waals surface area contributed by atoms with Gasteiger partial charge in [0.2, 0.25) is 0 Å². The molecule has 6 heteroatoms. The minimum absolute atomic E-state index is 0.261. The molecule has 2 aromatic carbocycles. The zero-order valence-corrected chi connectivity index (χ0v) is 14.3. The fourth-order valence-electron chi connectivity index (χ4n) is 2.39. The normalized spacial score (nSPS) is 17.2. The van der Waals surface area contributed by atoms with Gasteiger partial charge in [-0.15, -0.1) is 0 Å². The molecule has 1 atom stereocenters. The number of carbonyl (C=O) groups is 2. The summed E-state index contributed by atoms with van der Waals surface area (Å²) in [5.74, 6) is 0.508. The number of amides is 2. The molecule has 5 nitrogen and oxygen atoms in total. The summed E-state index contributed by atoms with van der Waals surface area (Å²) in [4.78, 5) is 26.0. The van der Waals surface area contributed by atoms with Crippen molar-refractivity contribution in [2.24, 2.45) is 0 Å². The highest BCUT2D eigenvalue weighted by molar-refractivity contribution is 8.16. The van der Waals surface area contributed by atoms with E-state index in [1.807, 2.05) is 50.2 Å². The van der Waals surface area contributed by atoms with Crippen LogP contribution in [-0.4, -0.2) is 23.1 Å². The van der Waals surface area contributed by atoms with E-state index in [-0.39, 0.29) is 11.1 Å². The fraction of sp³-hybridized carbons (Fsp3) is 0.222. The van der Waals surface area contributed by atoms with Crippen LogP contribution < -0.4 is 15.0 Å². The van der Waals surface area contributed by atoms with Crippen LogP contribution in [0.4, 0.5) is 16.2 Å². The summed E-state index contributed by atoms with van der Waals surface area (Å²) < 4.78 is 5.39. The van der Waals surface area contributed by atoms with Gasteiger partial charge in [0.15, 0.2) is 5.37 Å². The maximum Gasteiger partial charge on any atom is 0.295 e. The number of ether oxygens (including phenoxy) is 1. The molecule has 0 aromatic heterocycles. The van der Waals surface area contributed by atoms with E-state index in [4.69, 9.17) is 4.74 Å². The average molecular weight is 342 g/mol. The first-order valence-corrected chi connectivity index (χ1v) is 8.57. The Kier molecular flexibility index (Phi) is 4.76. The molecule has 1 fully saturated rings. The number of thioether (sulfide) groups is 1. The van der Waals surface area contributed by atoms with Gasteiger partial charge in [0, 0.05) is 5.69 Å². The van der Waals surface area contributed by atoms with E-state index < -0.39 is 5.37 Å². The first-order chi connectivity index (χ1) is 11.6. The van der Waals surface area contributed by atoms with Crippen molar-refractivity contribution in [3.63, 3.8) is 0 Å². The molecule has 2 aromatic rings. The summed E-state index contributed by atoms with van der Waals surface area (Å²) in [6.45, 7) is 4.48. The topological polar surface area (TPSA) is 58.6 Å². The van der Waals surface area contributed by atoms with Crippen LogP contribution >= 0.6 is 11.8 Å². The Balaban J connectivity index is 1.72. The van der Waals surface area contributed by atoms with Crippen LogP contribution in [0.5, 0.6) is 5.75 Å². The number of hydrogen-bond acceptors (Lipinski definition) is 5. The van der Waals surface area contributed by atoms with Gasteiger partial charge in [-0.3, -0.25) is 9.59 Å². The average Bonchev–Trinajstić information content (AvgIpc) is 2.85. The fourth-order valence-corrected chi connectivity index (χ4v) is 3.30. The minimum Gasteiger partial charge on any atom is -0.494 e. The third-order valence-electron chi connectivity index (χ3n) is 3.60. The van der Waals surface area contributed by atoms with Crippen molar-refractivity contribution in [3.8, 4) is 5.75 Å². The maximum atomic E-state index is 12.6. The Morgan fingerprint density at radius 1 is 1.08 bits per heavy atom. The largest absolute Gasteiger partial charge is 0.494 e. The molecule has 0 unspecified atom stereocenters. The molecule has 0 radical (unpaired) electrons. The summed E-state index contributed by atoms with van der Waals surface area (Å²) in [6.07, 6.45) is 0.